The van der Waals surface area contributed by atoms with Crippen molar-refractivity contribution in [3.8, 4) is 0 Å². The van der Waals surface area contributed by atoms with Crippen molar-refractivity contribution in [2.45, 2.75) is 37.6 Å². The molecule has 0 bridgehead atoms. The van der Waals surface area contributed by atoms with Crippen LogP contribution in [0.25, 0.3) is 0 Å². The maximum Gasteiger partial charge on any atom is 0.212 e. The van der Waals surface area contributed by atoms with E-state index in [0.717, 1.165) is 18.4 Å². The molecule has 1 aliphatic rings. The van der Waals surface area contributed by atoms with Gasteiger partial charge in [0.15, 0.2) is 0 Å². The first kappa shape index (κ1) is 15.3. The van der Waals surface area contributed by atoms with Crippen LogP contribution in [0.2, 0.25) is 0 Å². The Morgan fingerprint density at radius 2 is 1.95 bits per heavy atom. The van der Waals surface area contributed by atoms with Crippen LogP contribution in [0, 0.1) is 0 Å². The molecule has 0 saturated heterocycles. The first-order valence-corrected chi connectivity index (χ1v) is 8.70. The number of aryl methyl sites for hydroxylation is 1. The summed E-state index contributed by atoms with van der Waals surface area (Å²) in [6.07, 6.45) is 7.04. The zero-order valence-electron chi connectivity index (χ0n) is 11.2. The molecule has 1 fully saturated rings. The maximum atomic E-state index is 12.2. The van der Waals surface area contributed by atoms with Crippen molar-refractivity contribution in [1.82, 2.24) is 9.71 Å². The van der Waals surface area contributed by atoms with Gasteiger partial charge in [0.05, 0.1) is 16.3 Å². The molecule has 0 radical (unpaired) electrons. The predicted octanol–water partition coefficient (Wildman–Crippen LogP) is 1.14. The van der Waals surface area contributed by atoms with Gasteiger partial charge in [-0.25, -0.2) is 13.1 Å². The second kappa shape index (κ2) is 6.15. The van der Waals surface area contributed by atoms with E-state index in [1.165, 1.54) is 0 Å². The van der Waals surface area contributed by atoms with Gasteiger partial charge in [0, 0.05) is 12.4 Å². The van der Waals surface area contributed by atoms with E-state index < -0.39 is 15.6 Å². The molecule has 1 aromatic heterocycles. The summed E-state index contributed by atoms with van der Waals surface area (Å²) in [5.74, 6) is 0.0291. The molecule has 1 saturated carbocycles. The molecule has 5 nitrogen and oxygen atoms in total. The normalized spacial score (nSPS) is 18.0. The minimum atomic E-state index is -3.40. The predicted molar refractivity (Wildman–Crippen MR) is 82.8 cm³/mol. The largest absolute Gasteiger partial charge is 0.392 e. The Morgan fingerprint density at radius 1 is 1.35 bits per heavy atom. The van der Waals surface area contributed by atoms with Crippen LogP contribution in [0.3, 0.4) is 0 Å². The molecular formula is C13H19N3O2S2. The highest BCUT2D eigenvalue weighted by atomic mass is 32.2. The van der Waals surface area contributed by atoms with Crippen molar-refractivity contribution in [3.63, 3.8) is 0 Å². The quantitative estimate of drug-likeness (QED) is 0.769. The number of rotatable bonds is 6. The highest BCUT2D eigenvalue weighted by Gasteiger charge is 2.39. The number of hydrogen-bond donors (Lipinski definition) is 2. The summed E-state index contributed by atoms with van der Waals surface area (Å²) in [5.41, 5.74) is 5.97. The van der Waals surface area contributed by atoms with Crippen molar-refractivity contribution in [2.24, 2.45) is 5.73 Å². The Kier molecular flexibility index (Phi) is 4.72. The number of nitrogens with zero attached hydrogens (tertiary/aromatic N) is 1. The van der Waals surface area contributed by atoms with Crippen LogP contribution in [0.15, 0.2) is 24.5 Å². The van der Waals surface area contributed by atoms with E-state index in [0.29, 0.717) is 19.3 Å². The average molecular weight is 313 g/mol. The third-order valence-electron chi connectivity index (χ3n) is 3.69. The van der Waals surface area contributed by atoms with E-state index in [-0.39, 0.29) is 10.7 Å². The minimum absolute atomic E-state index is 0.0291. The van der Waals surface area contributed by atoms with E-state index in [2.05, 4.69) is 9.71 Å². The monoisotopic (exact) mass is 313 g/mol. The van der Waals surface area contributed by atoms with E-state index >= 15 is 0 Å². The Balaban J connectivity index is 2.02. The summed E-state index contributed by atoms with van der Waals surface area (Å²) in [7, 11) is -3.40. The smallest absolute Gasteiger partial charge is 0.212 e. The molecule has 0 spiro atoms. The topological polar surface area (TPSA) is 85.1 Å². The van der Waals surface area contributed by atoms with Gasteiger partial charge in [0.2, 0.25) is 10.0 Å². The Hall–Kier alpha value is -1.05. The summed E-state index contributed by atoms with van der Waals surface area (Å²) in [6, 6.07) is 3.63. The van der Waals surface area contributed by atoms with Crippen LogP contribution in [-0.2, 0) is 16.4 Å². The summed E-state index contributed by atoms with van der Waals surface area (Å²) in [5, 5.41) is 0. The zero-order chi connectivity index (χ0) is 14.6. The Morgan fingerprint density at radius 3 is 2.50 bits per heavy atom. The fourth-order valence-electron chi connectivity index (χ4n) is 2.53. The number of thiocarbonyl (C=S) groups is 1. The van der Waals surface area contributed by atoms with Gasteiger partial charge in [-0.1, -0.05) is 25.1 Å². The third kappa shape index (κ3) is 3.74. The molecule has 1 aliphatic carbocycles. The van der Waals surface area contributed by atoms with Crippen molar-refractivity contribution in [2.75, 3.05) is 5.75 Å². The molecule has 0 aromatic carbocycles. The number of pyridine rings is 1. The van der Waals surface area contributed by atoms with Gasteiger partial charge < -0.3 is 5.73 Å². The van der Waals surface area contributed by atoms with Crippen LogP contribution >= 0.6 is 12.2 Å². The lowest BCUT2D eigenvalue weighted by atomic mass is 10.00. The van der Waals surface area contributed by atoms with Crippen LogP contribution in [0.4, 0.5) is 0 Å². The molecule has 1 heterocycles. The van der Waals surface area contributed by atoms with Crippen LogP contribution in [0.1, 0.15) is 31.2 Å². The SMILES string of the molecule is NC(=S)C1(NS(=O)(=O)CCc2ccncc2)CCCC1. The van der Waals surface area contributed by atoms with Gasteiger partial charge >= 0.3 is 0 Å². The summed E-state index contributed by atoms with van der Waals surface area (Å²) >= 11 is 5.06. The fourth-order valence-corrected chi connectivity index (χ4v) is 4.36. The molecule has 0 unspecified atom stereocenters. The standard InChI is InChI=1S/C13H19N3O2S2/c14-12(19)13(6-1-2-7-13)16-20(17,18)10-5-11-3-8-15-9-4-11/h3-4,8-9,16H,1-2,5-7,10H2,(H2,14,19). The molecule has 0 amide bonds. The number of sulfonamides is 1. The van der Waals surface area contributed by atoms with Gasteiger partial charge in [0.25, 0.3) is 0 Å². The first-order chi connectivity index (χ1) is 9.44. The minimum Gasteiger partial charge on any atom is -0.392 e. The van der Waals surface area contributed by atoms with E-state index in [4.69, 9.17) is 18.0 Å². The maximum absolute atomic E-state index is 12.2. The van der Waals surface area contributed by atoms with Crippen LogP contribution in [-0.4, -0.2) is 29.7 Å². The zero-order valence-corrected chi connectivity index (χ0v) is 12.8. The fraction of sp³-hybridized carbons (Fsp3) is 0.538. The summed E-state index contributed by atoms with van der Waals surface area (Å²) in [4.78, 5) is 4.16. The van der Waals surface area contributed by atoms with Crippen LogP contribution in [0.5, 0.6) is 0 Å². The van der Waals surface area contributed by atoms with E-state index in [1.54, 1.807) is 12.4 Å². The Bertz CT molecular complexity index is 567. The van der Waals surface area contributed by atoms with Gasteiger partial charge in [-0.3, -0.25) is 4.98 Å². The van der Waals surface area contributed by atoms with Crippen LogP contribution < -0.4 is 10.5 Å². The number of aromatic nitrogens is 1. The highest BCUT2D eigenvalue weighted by molar-refractivity contribution is 7.89. The molecule has 2 rings (SSSR count). The number of nitrogens with two attached hydrogens (primary N) is 1. The van der Waals surface area contributed by atoms with Gasteiger partial charge in [-0.15, -0.1) is 0 Å². The van der Waals surface area contributed by atoms with E-state index in [1.807, 2.05) is 12.1 Å². The molecule has 1 aromatic rings. The van der Waals surface area contributed by atoms with Crippen molar-refractivity contribution in [3.05, 3.63) is 30.1 Å². The van der Waals surface area contributed by atoms with Gasteiger partial charge in [0.1, 0.15) is 0 Å². The molecule has 3 N–H and O–H groups in total. The van der Waals surface area contributed by atoms with Gasteiger partial charge in [-0.2, -0.15) is 0 Å². The highest BCUT2D eigenvalue weighted by Crippen LogP contribution is 2.30. The van der Waals surface area contributed by atoms with Crippen molar-refractivity contribution >= 4 is 27.2 Å². The first-order valence-electron chi connectivity index (χ1n) is 6.64. The van der Waals surface area contributed by atoms with Crippen molar-refractivity contribution in [1.29, 1.82) is 0 Å². The number of hydrogen-bond acceptors (Lipinski definition) is 4. The third-order valence-corrected chi connectivity index (χ3v) is 5.52. The molecular weight excluding hydrogens is 294 g/mol. The second-order valence-electron chi connectivity index (χ2n) is 5.18. The molecule has 110 valence electrons. The molecule has 0 aliphatic heterocycles. The Labute approximate surface area is 125 Å². The van der Waals surface area contributed by atoms with Crippen molar-refractivity contribution < 1.29 is 8.42 Å². The second-order valence-corrected chi connectivity index (χ2v) is 7.46. The lowest BCUT2D eigenvalue weighted by molar-refractivity contribution is 0.502. The van der Waals surface area contributed by atoms with E-state index in [9.17, 15) is 8.42 Å². The van der Waals surface area contributed by atoms with Gasteiger partial charge in [-0.05, 0) is 37.0 Å². The lowest BCUT2D eigenvalue weighted by Crippen LogP contribution is -2.55. The summed E-state index contributed by atoms with van der Waals surface area (Å²) in [6.45, 7) is 0. The lowest BCUT2D eigenvalue weighted by Gasteiger charge is -2.28. The molecule has 0 atom stereocenters. The molecule has 20 heavy (non-hydrogen) atoms. The number of nitrogens with one attached hydrogen (secondary N) is 1. The summed E-state index contributed by atoms with van der Waals surface area (Å²) < 4.78 is 27.2. The average Bonchev–Trinajstić information content (AvgIpc) is 2.87. The molecule has 7 heteroatoms.